The molecule has 7 heteroatoms. The van der Waals surface area contributed by atoms with Gasteiger partial charge in [-0.05, 0) is 38.5 Å². The maximum absolute atomic E-state index is 6.35. The average molecular weight is 402 g/mol. The molecule has 0 spiro atoms. The first-order valence-electron chi connectivity index (χ1n) is 9.22. The van der Waals surface area contributed by atoms with Gasteiger partial charge in [0.1, 0.15) is 16.5 Å². The first-order chi connectivity index (χ1) is 13.0. The van der Waals surface area contributed by atoms with Crippen molar-refractivity contribution in [2.45, 2.75) is 26.8 Å². The lowest BCUT2D eigenvalue weighted by Crippen LogP contribution is -2.47. The minimum absolute atomic E-state index is 0.132. The van der Waals surface area contributed by atoms with Crippen molar-refractivity contribution in [2.24, 2.45) is 0 Å². The number of anilines is 2. The molecule has 1 atom stereocenters. The van der Waals surface area contributed by atoms with Crippen molar-refractivity contribution in [2.75, 3.05) is 36.8 Å². The minimum atomic E-state index is 0.132. The molecule has 1 aromatic carbocycles. The van der Waals surface area contributed by atoms with Crippen LogP contribution in [0.25, 0.3) is 10.2 Å². The highest BCUT2D eigenvalue weighted by atomic mass is 35.5. The third kappa shape index (κ3) is 3.37. The highest BCUT2D eigenvalue weighted by Gasteiger charge is 2.25. The van der Waals surface area contributed by atoms with Crippen LogP contribution in [0.15, 0.2) is 24.3 Å². The lowest BCUT2D eigenvalue weighted by molar-refractivity contribution is 0.192. The molecule has 2 N–H and O–H groups in total. The van der Waals surface area contributed by atoms with E-state index in [0.29, 0.717) is 5.82 Å². The smallest absolute Gasteiger partial charge is 0.149 e. The van der Waals surface area contributed by atoms with Gasteiger partial charge in [-0.3, -0.25) is 4.90 Å². The van der Waals surface area contributed by atoms with Gasteiger partial charge in [0.2, 0.25) is 0 Å². The normalized spacial score (nSPS) is 16.8. The third-order valence-electron chi connectivity index (χ3n) is 5.50. The van der Waals surface area contributed by atoms with Gasteiger partial charge in [-0.15, -0.1) is 11.3 Å². The number of rotatable bonds is 3. The molecule has 0 aliphatic carbocycles. The topological polar surface area (TPSA) is 58.3 Å². The van der Waals surface area contributed by atoms with Crippen LogP contribution in [-0.2, 0) is 0 Å². The van der Waals surface area contributed by atoms with Crippen LogP contribution in [0.2, 0.25) is 5.02 Å². The summed E-state index contributed by atoms with van der Waals surface area (Å²) in [5.41, 5.74) is 8.57. The molecular formula is C20H24ClN5S. The van der Waals surface area contributed by atoms with E-state index in [1.54, 1.807) is 11.3 Å². The fourth-order valence-corrected chi connectivity index (χ4v) is 5.01. The van der Waals surface area contributed by atoms with Crippen LogP contribution in [0.1, 0.15) is 29.2 Å². The molecule has 1 unspecified atom stereocenters. The van der Waals surface area contributed by atoms with E-state index >= 15 is 0 Å². The summed E-state index contributed by atoms with van der Waals surface area (Å²) in [5, 5.41) is 1.82. The van der Waals surface area contributed by atoms with Crippen molar-refractivity contribution in [1.29, 1.82) is 0 Å². The van der Waals surface area contributed by atoms with E-state index in [0.717, 1.165) is 52.9 Å². The molecule has 3 aromatic rings. The molecule has 1 aliphatic rings. The molecule has 1 aliphatic heterocycles. The maximum Gasteiger partial charge on any atom is 0.149 e. The quantitative estimate of drug-likeness (QED) is 0.703. The van der Waals surface area contributed by atoms with Crippen LogP contribution in [0.4, 0.5) is 11.5 Å². The van der Waals surface area contributed by atoms with E-state index in [9.17, 15) is 0 Å². The highest BCUT2D eigenvalue weighted by Crippen LogP contribution is 2.34. The molecule has 3 heterocycles. The molecule has 4 rings (SSSR count). The number of piperazine rings is 1. The van der Waals surface area contributed by atoms with Gasteiger partial charge in [-0.2, -0.15) is 0 Å². The molecule has 0 radical (unpaired) electrons. The summed E-state index contributed by atoms with van der Waals surface area (Å²) in [7, 11) is 0. The Balaban J connectivity index is 1.52. The van der Waals surface area contributed by atoms with Gasteiger partial charge in [0, 0.05) is 31.1 Å². The SMILES string of the molecule is Cc1sc2nc(C(C)N3CCN(c4ccccc4Cl)CC3)nc(N)c2c1C. The molecule has 27 heavy (non-hydrogen) atoms. The van der Waals surface area contributed by atoms with Crippen LogP contribution in [0.3, 0.4) is 0 Å². The Morgan fingerprint density at radius 1 is 1.11 bits per heavy atom. The van der Waals surface area contributed by atoms with Crippen molar-refractivity contribution in [3.05, 3.63) is 45.6 Å². The summed E-state index contributed by atoms with van der Waals surface area (Å²) in [6, 6.07) is 8.17. The Morgan fingerprint density at radius 3 is 2.52 bits per heavy atom. The molecule has 5 nitrogen and oxygen atoms in total. The average Bonchev–Trinajstić information content (AvgIpc) is 2.96. The third-order valence-corrected chi connectivity index (χ3v) is 6.92. The summed E-state index contributed by atoms with van der Waals surface area (Å²) in [4.78, 5) is 16.5. The number of hydrogen-bond donors (Lipinski definition) is 1. The first-order valence-corrected chi connectivity index (χ1v) is 10.4. The highest BCUT2D eigenvalue weighted by molar-refractivity contribution is 7.18. The number of halogens is 1. The van der Waals surface area contributed by atoms with E-state index in [4.69, 9.17) is 22.3 Å². The van der Waals surface area contributed by atoms with Crippen LogP contribution in [-0.4, -0.2) is 41.0 Å². The monoisotopic (exact) mass is 401 g/mol. The summed E-state index contributed by atoms with van der Waals surface area (Å²) in [6.45, 7) is 10.1. The zero-order valence-corrected chi connectivity index (χ0v) is 17.4. The molecule has 0 amide bonds. The first kappa shape index (κ1) is 18.5. The molecular weight excluding hydrogens is 378 g/mol. The summed E-state index contributed by atoms with van der Waals surface area (Å²) in [5.74, 6) is 1.41. The number of nitrogen functional groups attached to an aromatic ring is 1. The number of benzene rings is 1. The van der Waals surface area contributed by atoms with E-state index in [1.807, 2.05) is 18.2 Å². The van der Waals surface area contributed by atoms with Gasteiger partial charge < -0.3 is 10.6 Å². The van der Waals surface area contributed by atoms with Crippen LogP contribution < -0.4 is 10.6 Å². The largest absolute Gasteiger partial charge is 0.383 e. The van der Waals surface area contributed by atoms with Crippen LogP contribution in [0.5, 0.6) is 0 Å². The Bertz CT molecular complexity index is 978. The van der Waals surface area contributed by atoms with Crippen molar-refractivity contribution >= 4 is 44.7 Å². The lowest BCUT2D eigenvalue weighted by Gasteiger charge is -2.38. The molecule has 142 valence electrons. The minimum Gasteiger partial charge on any atom is -0.383 e. The van der Waals surface area contributed by atoms with Crippen molar-refractivity contribution in [3.8, 4) is 0 Å². The fourth-order valence-electron chi connectivity index (χ4n) is 3.71. The summed E-state index contributed by atoms with van der Waals surface area (Å²) < 4.78 is 0. The molecule has 0 saturated carbocycles. The maximum atomic E-state index is 6.35. The van der Waals surface area contributed by atoms with Gasteiger partial charge in [0.25, 0.3) is 0 Å². The zero-order valence-electron chi connectivity index (χ0n) is 15.9. The Morgan fingerprint density at radius 2 is 1.81 bits per heavy atom. The molecule has 1 fully saturated rings. The van der Waals surface area contributed by atoms with Crippen molar-refractivity contribution in [1.82, 2.24) is 14.9 Å². The predicted molar refractivity (Wildman–Crippen MR) is 115 cm³/mol. The number of aryl methyl sites for hydroxylation is 2. The zero-order chi connectivity index (χ0) is 19.1. The summed E-state index contributed by atoms with van der Waals surface area (Å²) >= 11 is 8.05. The number of nitrogens with two attached hydrogens (primary N) is 1. The van der Waals surface area contributed by atoms with E-state index in [2.05, 4.69) is 41.6 Å². The molecule has 1 saturated heterocycles. The fraction of sp³-hybridized carbons (Fsp3) is 0.400. The second-order valence-corrected chi connectivity index (χ2v) is 8.69. The van der Waals surface area contributed by atoms with E-state index < -0.39 is 0 Å². The van der Waals surface area contributed by atoms with Crippen LogP contribution in [0, 0.1) is 13.8 Å². The number of fused-ring (bicyclic) bond motifs is 1. The van der Waals surface area contributed by atoms with E-state index in [1.165, 1.54) is 10.4 Å². The second kappa shape index (κ2) is 7.26. The number of para-hydroxylation sites is 1. The second-order valence-electron chi connectivity index (χ2n) is 7.08. The molecule has 2 aromatic heterocycles. The number of thiophene rings is 1. The van der Waals surface area contributed by atoms with Crippen LogP contribution >= 0.6 is 22.9 Å². The summed E-state index contributed by atoms with van der Waals surface area (Å²) in [6.07, 6.45) is 0. The van der Waals surface area contributed by atoms with Gasteiger partial charge in [0.15, 0.2) is 0 Å². The van der Waals surface area contributed by atoms with Gasteiger partial charge in [-0.1, -0.05) is 23.7 Å². The number of nitrogens with zero attached hydrogens (tertiary/aromatic N) is 4. The lowest BCUT2D eigenvalue weighted by atomic mass is 10.1. The number of hydrogen-bond acceptors (Lipinski definition) is 6. The van der Waals surface area contributed by atoms with E-state index in [-0.39, 0.29) is 6.04 Å². The Labute approximate surface area is 168 Å². The predicted octanol–water partition coefficient (Wildman–Crippen LogP) is 4.43. The van der Waals surface area contributed by atoms with Crippen molar-refractivity contribution < 1.29 is 0 Å². The van der Waals surface area contributed by atoms with Gasteiger partial charge in [0.05, 0.1) is 22.1 Å². The number of aromatic nitrogens is 2. The van der Waals surface area contributed by atoms with Crippen molar-refractivity contribution in [3.63, 3.8) is 0 Å². The Kier molecular flexibility index (Phi) is 4.97. The molecule has 0 bridgehead atoms. The van der Waals surface area contributed by atoms with Gasteiger partial charge >= 0.3 is 0 Å². The Hall–Kier alpha value is -1.89. The van der Waals surface area contributed by atoms with Gasteiger partial charge in [-0.25, -0.2) is 9.97 Å². The standard InChI is InChI=1S/C20H24ClN5S/c1-12-14(3)27-20-17(12)18(22)23-19(24-20)13(2)25-8-10-26(11-9-25)16-7-5-4-6-15(16)21/h4-7,13H,8-11H2,1-3H3,(H2,22,23,24).